The zero-order chi connectivity index (χ0) is 11.8. The molecule has 0 spiro atoms. The predicted molar refractivity (Wildman–Crippen MR) is 59.0 cm³/mol. The number of carbonyl (C=O) groups excluding carboxylic acids is 1. The van der Waals surface area contributed by atoms with Crippen molar-refractivity contribution in [2.24, 2.45) is 5.73 Å². The van der Waals surface area contributed by atoms with Crippen LogP contribution in [0, 0.1) is 0 Å². The van der Waals surface area contributed by atoms with E-state index in [1.165, 1.54) is 0 Å². The van der Waals surface area contributed by atoms with E-state index in [0.29, 0.717) is 26.2 Å². The lowest BCUT2D eigenvalue weighted by Gasteiger charge is -2.23. The molecule has 1 saturated heterocycles. The lowest BCUT2D eigenvalue weighted by molar-refractivity contribution is -0.154. The molecule has 0 aromatic heterocycles. The van der Waals surface area contributed by atoms with Gasteiger partial charge in [-0.25, -0.2) is 0 Å². The maximum Gasteiger partial charge on any atom is 0.323 e. The van der Waals surface area contributed by atoms with Gasteiger partial charge in [-0.2, -0.15) is 0 Å². The Morgan fingerprint density at radius 2 is 2.19 bits per heavy atom. The molecule has 2 N–H and O–H groups in total. The van der Waals surface area contributed by atoms with Crippen molar-refractivity contribution in [1.82, 2.24) is 0 Å². The first kappa shape index (κ1) is 13.4. The van der Waals surface area contributed by atoms with Crippen molar-refractivity contribution in [2.45, 2.75) is 37.8 Å². The summed E-state index contributed by atoms with van der Waals surface area (Å²) in [7, 11) is 1.63. The average molecular weight is 231 g/mol. The van der Waals surface area contributed by atoms with Crippen LogP contribution in [0.25, 0.3) is 0 Å². The minimum Gasteiger partial charge on any atom is -0.461 e. The van der Waals surface area contributed by atoms with Crippen LogP contribution < -0.4 is 5.73 Å². The Balaban J connectivity index is 2.16. The van der Waals surface area contributed by atoms with Gasteiger partial charge in [0.25, 0.3) is 0 Å². The number of hydrogen-bond acceptors (Lipinski definition) is 5. The van der Waals surface area contributed by atoms with Gasteiger partial charge in [0, 0.05) is 26.6 Å². The molecule has 0 saturated carbocycles. The number of methoxy groups -OCH3 is 1. The van der Waals surface area contributed by atoms with Crippen LogP contribution in [0.1, 0.15) is 25.7 Å². The van der Waals surface area contributed by atoms with Crippen LogP contribution >= 0.6 is 0 Å². The molecule has 1 fully saturated rings. The van der Waals surface area contributed by atoms with Crippen molar-refractivity contribution in [3.63, 3.8) is 0 Å². The summed E-state index contributed by atoms with van der Waals surface area (Å²) >= 11 is 0. The average Bonchev–Trinajstić information content (AvgIpc) is 2.30. The molecule has 1 atom stereocenters. The van der Waals surface area contributed by atoms with Crippen LogP contribution in [0.2, 0.25) is 0 Å². The second-order valence-electron chi connectivity index (χ2n) is 3.99. The summed E-state index contributed by atoms with van der Waals surface area (Å²) in [5.41, 5.74) is 5.71. The lowest BCUT2D eigenvalue weighted by atomic mass is 10.1. The van der Waals surface area contributed by atoms with E-state index in [-0.39, 0.29) is 12.1 Å². The van der Waals surface area contributed by atoms with E-state index in [2.05, 4.69) is 0 Å². The van der Waals surface area contributed by atoms with E-state index in [1.54, 1.807) is 7.11 Å². The molecular weight excluding hydrogens is 210 g/mol. The Morgan fingerprint density at radius 3 is 2.81 bits per heavy atom. The van der Waals surface area contributed by atoms with Crippen LogP contribution in [0.5, 0.6) is 0 Å². The molecule has 1 rings (SSSR count). The van der Waals surface area contributed by atoms with Crippen molar-refractivity contribution < 1.29 is 19.0 Å². The van der Waals surface area contributed by atoms with Gasteiger partial charge in [-0.1, -0.05) is 0 Å². The van der Waals surface area contributed by atoms with Crippen LogP contribution in [0.3, 0.4) is 0 Å². The van der Waals surface area contributed by atoms with E-state index in [0.717, 1.165) is 19.3 Å². The van der Waals surface area contributed by atoms with Crippen molar-refractivity contribution >= 4 is 5.97 Å². The molecule has 1 unspecified atom stereocenters. The van der Waals surface area contributed by atoms with Crippen molar-refractivity contribution in [1.29, 1.82) is 0 Å². The summed E-state index contributed by atoms with van der Waals surface area (Å²) in [5, 5.41) is 0. The normalized spacial score (nSPS) is 19.4. The molecule has 0 aromatic rings. The molecule has 1 aliphatic heterocycles. The highest BCUT2D eigenvalue weighted by molar-refractivity contribution is 5.75. The lowest BCUT2D eigenvalue weighted by Crippen LogP contribution is -2.36. The smallest absolute Gasteiger partial charge is 0.323 e. The van der Waals surface area contributed by atoms with Gasteiger partial charge in [-0.05, 0) is 12.8 Å². The highest BCUT2D eigenvalue weighted by Gasteiger charge is 2.21. The number of hydrogen-bond donors (Lipinski definition) is 1. The van der Waals surface area contributed by atoms with Crippen LogP contribution in [-0.2, 0) is 19.0 Å². The molecule has 0 radical (unpaired) electrons. The highest BCUT2D eigenvalue weighted by atomic mass is 16.6. The van der Waals surface area contributed by atoms with Gasteiger partial charge in [-0.15, -0.1) is 0 Å². The van der Waals surface area contributed by atoms with E-state index in [1.807, 2.05) is 0 Å². The van der Waals surface area contributed by atoms with Gasteiger partial charge in [0.15, 0.2) is 0 Å². The van der Waals surface area contributed by atoms with E-state index in [4.69, 9.17) is 19.9 Å². The van der Waals surface area contributed by atoms with Crippen LogP contribution in [0.4, 0.5) is 0 Å². The molecule has 16 heavy (non-hydrogen) atoms. The molecule has 0 amide bonds. The number of nitrogens with two attached hydrogens (primary N) is 1. The molecule has 5 heteroatoms. The van der Waals surface area contributed by atoms with Gasteiger partial charge >= 0.3 is 5.97 Å². The van der Waals surface area contributed by atoms with Gasteiger partial charge in [0.05, 0.1) is 13.2 Å². The largest absolute Gasteiger partial charge is 0.461 e. The minimum atomic E-state index is -0.530. The highest BCUT2D eigenvalue weighted by Crippen LogP contribution is 2.12. The zero-order valence-corrected chi connectivity index (χ0v) is 9.81. The summed E-state index contributed by atoms with van der Waals surface area (Å²) in [6.07, 6.45) is 2.92. The minimum absolute atomic E-state index is 0.0188. The Labute approximate surface area is 96.2 Å². The summed E-state index contributed by atoms with van der Waals surface area (Å²) in [4.78, 5) is 11.6. The summed E-state index contributed by atoms with van der Waals surface area (Å²) < 4.78 is 15.4. The quantitative estimate of drug-likeness (QED) is 0.531. The van der Waals surface area contributed by atoms with Crippen LogP contribution in [-0.4, -0.2) is 45.0 Å². The fraction of sp³-hybridized carbons (Fsp3) is 0.909. The molecule has 1 aliphatic rings. The van der Waals surface area contributed by atoms with E-state index < -0.39 is 6.04 Å². The number of ether oxygens (including phenoxy) is 3. The molecule has 94 valence electrons. The van der Waals surface area contributed by atoms with E-state index >= 15 is 0 Å². The molecule has 0 aliphatic carbocycles. The summed E-state index contributed by atoms with van der Waals surface area (Å²) in [6, 6.07) is -0.530. The Morgan fingerprint density at radius 1 is 1.50 bits per heavy atom. The fourth-order valence-electron chi connectivity index (χ4n) is 1.61. The number of esters is 1. The van der Waals surface area contributed by atoms with Crippen molar-refractivity contribution in [3.05, 3.63) is 0 Å². The Kier molecular flexibility index (Phi) is 6.37. The molecular formula is C11H21NO4. The monoisotopic (exact) mass is 231 g/mol. The SMILES string of the molecule is COCCCC(N)C(=O)OC1CCOCC1. The fourth-order valence-corrected chi connectivity index (χ4v) is 1.61. The number of rotatable bonds is 6. The number of carbonyl (C=O) groups is 1. The third-order valence-corrected chi connectivity index (χ3v) is 2.62. The predicted octanol–water partition coefficient (Wildman–Crippen LogP) is 0.463. The third kappa shape index (κ3) is 4.92. The van der Waals surface area contributed by atoms with Gasteiger partial charge in [-0.3, -0.25) is 4.79 Å². The molecule has 0 aromatic carbocycles. The maximum absolute atomic E-state index is 11.6. The first-order valence-electron chi connectivity index (χ1n) is 5.76. The zero-order valence-electron chi connectivity index (χ0n) is 9.81. The summed E-state index contributed by atoms with van der Waals surface area (Å²) in [6.45, 7) is 1.95. The summed E-state index contributed by atoms with van der Waals surface area (Å²) in [5.74, 6) is -0.303. The maximum atomic E-state index is 11.6. The molecule has 5 nitrogen and oxygen atoms in total. The molecule has 1 heterocycles. The van der Waals surface area contributed by atoms with Gasteiger partial charge < -0.3 is 19.9 Å². The third-order valence-electron chi connectivity index (χ3n) is 2.62. The van der Waals surface area contributed by atoms with Crippen LogP contribution in [0.15, 0.2) is 0 Å². The Bertz CT molecular complexity index is 204. The Hall–Kier alpha value is -0.650. The second-order valence-corrected chi connectivity index (χ2v) is 3.99. The first-order valence-corrected chi connectivity index (χ1v) is 5.76. The van der Waals surface area contributed by atoms with E-state index in [9.17, 15) is 4.79 Å². The second kappa shape index (κ2) is 7.60. The van der Waals surface area contributed by atoms with Gasteiger partial charge in [0.1, 0.15) is 12.1 Å². The first-order chi connectivity index (χ1) is 7.74. The van der Waals surface area contributed by atoms with Gasteiger partial charge in [0.2, 0.25) is 0 Å². The molecule has 0 bridgehead atoms. The topological polar surface area (TPSA) is 70.8 Å². The van der Waals surface area contributed by atoms with Crippen molar-refractivity contribution in [3.8, 4) is 0 Å². The van der Waals surface area contributed by atoms with Crippen molar-refractivity contribution in [2.75, 3.05) is 26.9 Å². The standard InChI is InChI=1S/C11H21NO4/c1-14-6-2-3-10(12)11(13)16-9-4-7-15-8-5-9/h9-10H,2-8,12H2,1H3.